The normalized spacial score (nSPS) is 11.7. The molecule has 0 aliphatic carbocycles. The fourth-order valence-corrected chi connectivity index (χ4v) is 3.82. The first-order chi connectivity index (χ1) is 15.8. The lowest BCUT2D eigenvalue weighted by molar-refractivity contribution is 0.319. The molecule has 1 N–H and O–H groups in total. The molecule has 0 spiro atoms. The van der Waals surface area contributed by atoms with E-state index in [-0.39, 0.29) is 23.5 Å². The van der Waals surface area contributed by atoms with Crippen LogP contribution in [-0.2, 0) is 6.54 Å². The third kappa shape index (κ3) is 4.37. The molecule has 0 amide bonds. The van der Waals surface area contributed by atoms with Crippen LogP contribution >= 0.6 is 11.3 Å². The Morgan fingerprint density at radius 2 is 1.91 bits per heavy atom. The van der Waals surface area contributed by atoms with Crippen LogP contribution < -0.4 is 10.4 Å². The maximum Gasteiger partial charge on any atom is 0.350 e. The molecule has 4 aromatic rings. The maximum atomic E-state index is 14.7. The second-order valence-corrected chi connectivity index (χ2v) is 7.91. The van der Waals surface area contributed by atoms with E-state index in [4.69, 9.17) is 9.94 Å². The number of halogens is 3. The van der Waals surface area contributed by atoms with Crippen LogP contribution in [0.5, 0.6) is 10.8 Å². The van der Waals surface area contributed by atoms with Crippen molar-refractivity contribution in [3.8, 4) is 16.5 Å². The molecule has 0 aliphatic heterocycles. The molecule has 0 atom stereocenters. The number of oxime groups is 1. The topological polar surface area (TPSA) is 94.5 Å². The summed E-state index contributed by atoms with van der Waals surface area (Å²) >= 11 is 1.08. The minimum atomic E-state index is -0.788. The number of hydrogen-bond donors (Lipinski definition) is 1. The van der Waals surface area contributed by atoms with E-state index >= 15 is 0 Å². The van der Waals surface area contributed by atoms with E-state index in [1.165, 1.54) is 18.2 Å². The van der Waals surface area contributed by atoms with Gasteiger partial charge in [0, 0.05) is 11.6 Å². The smallest absolute Gasteiger partial charge is 0.350 e. The van der Waals surface area contributed by atoms with Gasteiger partial charge in [0.2, 0.25) is 5.06 Å². The molecular weight excluding hydrogens is 459 g/mol. The summed E-state index contributed by atoms with van der Waals surface area (Å²) in [6.45, 7) is 2.86. The highest BCUT2D eigenvalue weighted by molar-refractivity contribution is 7.15. The number of aromatic nitrogens is 4. The lowest BCUT2D eigenvalue weighted by Gasteiger charge is -2.07. The van der Waals surface area contributed by atoms with Crippen molar-refractivity contribution < 1.29 is 23.1 Å². The highest BCUT2D eigenvalue weighted by atomic mass is 32.1. The van der Waals surface area contributed by atoms with Crippen molar-refractivity contribution in [1.82, 2.24) is 19.3 Å². The van der Waals surface area contributed by atoms with Crippen molar-refractivity contribution in [2.24, 2.45) is 5.16 Å². The van der Waals surface area contributed by atoms with Crippen LogP contribution in [0.25, 0.3) is 5.69 Å². The van der Waals surface area contributed by atoms with Gasteiger partial charge in [0.15, 0.2) is 11.6 Å². The van der Waals surface area contributed by atoms with E-state index in [1.54, 1.807) is 13.8 Å². The van der Waals surface area contributed by atoms with Crippen LogP contribution in [-0.4, -0.2) is 30.3 Å². The molecule has 33 heavy (non-hydrogen) atoms. The number of rotatable bonds is 6. The average Bonchev–Trinajstić information content (AvgIpc) is 3.34. The van der Waals surface area contributed by atoms with Gasteiger partial charge in [0.1, 0.15) is 28.7 Å². The lowest BCUT2D eigenvalue weighted by atomic mass is 10.2. The fourth-order valence-electron chi connectivity index (χ4n) is 2.95. The SMILES string of the molecule is CC(=NO)c1nc(C)c(Oc2ccc(-n3ncn(Cc4c(F)cccc4F)c3=O)cc2F)s1. The van der Waals surface area contributed by atoms with Crippen molar-refractivity contribution in [1.29, 1.82) is 0 Å². The van der Waals surface area contributed by atoms with Gasteiger partial charge in [-0.05, 0) is 38.1 Å². The van der Waals surface area contributed by atoms with Crippen LogP contribution in [0.4, 0.5) is 13.2 Å². The number of benzene rings is 2. The zero-order chi connectivity index (χ0) is 23.7. The quantitative estimate of drug-likeness (QED) is 0.256. The van der Waals surface area contributed by atoms with Gasteiger partial charge >= 0.3 is 5.69 Å². The van der Waals surface area contributed by atoms with E-state index in [1.807, 2.05) is 0 Å². The first-order valence-electron chi connectivity index (χ1n) is 9.50. The Morgan fingerprint density at radius 3 is 2.58 bits per heavy atom. The van der Waals surface area contributed by atoms with Gasteiger partial charge in [-0.3, -0.25) is 4.57 Å². The molecule has 0 saturated carbocycles. The van der Waals surface area contributed by atoms with E-state index in [0.29, 0.717) is 21.5 Å². The number of nitrogens with zero attached hydrogens (tertiary/aromatic N) is 5. The minimum absolute atomic E-state index is 0.0996. The molecule has 2 aromatic carbocycles. The summed E-state index contributed by atoms with van der Waals surface area (Å²) in [5.74, 6) is -2.46. The van der Waals surface area contributed by atoms with Crippen LogP contribution in [0.3, 0.4) is 0 Å². The summed E-state index contributed by atoms with van der Waals surface area (Å²) in [7, 11) is 0. The Labute approximate surface area is 188 Å². The zero-order valence-corrected chi connectivity index (χ0v) is 18.1. The van der Waals surface area contributed by atoms with Gasteiger partial charge in [-0.25, -0.2) is 22.9 Å². The standard InChI is InChI=1S/C21H16F3N5O3S/c1-11(27-31)19-26-12(2)20(33-19)32-18-7-6-13(8-17(18)24)29-21(30)28(10-25-29)9-14-15(22)4-3-5-16(14)23/h3-8,10,31H,9H2,1-2H3. The second kappa shape index (κ2) is 8.90. The number of ether oxygens (including phenoxy) is 1. The maximum absolute atomic E-state index is 14.7. The van der Waals surface area contributed by atoms with Gasteiger partial charge < -0.3 is 9.94 Å². The van der Waals surface area contributed by atoms with Crippen LogP contribution in [0.2, 0.25) is 0 Å². The largest absolute Gasteiger partial charge is 0.442 e. The number of aryl methyl sites for hydroxylation is 1. The summed E-state index contributed by atoms with van der Waals surface area (Å²) in [6, 6.07) is 7.19. The predicted octanol–water partition coefficient (Wildman–Crippen LogP) is 4.26. The molecule has 4 rings (SSSR count). The molecule has 12 heteroatoms. The molecule has 170 valence electrons. The highest BCUT2D eigenvalue weighted by Crippen LogP contribution is 2.33. The second-order valence-electron chi connectivity index (χ2n) is 6.95. The van der Waals surface area contributed by atoms with E-state index in [0.717, 1.165) is 45.1 Å². The van der Waals surface area contributed by atoms with Gasteiger partial charge in [0.05, 0.1) is 17.9 Å². The van der Waals surface area contributed by atoms with E-state index in [2.05, 4.69) is 15.2 Å². The molecule has 0 radical (unpaired) electrons. The molecule has 0 saturated heterocycles. The van der Waals surface area contributed by atoms with Crippen LogP contribution in [0.1, 0.15) is 23.2 Å². The van der Waals surface area contributed by atoms with Crippen LogP contribution in [0.15, 0.2) is 52.7 Å². The van der Waals surface area contributed by atoms with Gasteiger partial charge in [-0.15, -0.1) is 0 Å². The summed E-state index contributed by atoms with van der Waals surface area (Å²) in [6.07, 6.45) is 1.11. The molecule has 0 aliphatic rings. The molecule has 0 bridgehead atoms. The third-order valence-electron chi connectivity index (χ3n) is 4.70. The summed E-state index contributed by atoms with van der Waals surface area (Å²) in [5.41, 5.74) is -0.110. The molecule has 2 aromatic heterocycles. The first kappa shape index (κ1) is 22.3. The molecule has 0 fully saturated rings. The Bertz CT molecular complexity index is 1410. The van der Waals surface area contributed by atoms with Gasteiger partial charge in [-0.1, -0.05) is 22.6 Å². The number of thiazole rings is 1. The Balaban J connectivity index is 1.59. The molecular formula is C21H16F3N5O3S. The Morgan fingerprint density at radius 1 is 1.18 bits per heavy atom. The monoisotopic (exact) mass is 475 g/mol. The van der Waals surface area contributed by atoms with Crippen molar-refractivity contribution in [2.45, 2.75) is 20.4 Å². The zero-order valence-electron chi connectivity index (χ0n) is 17.3. The van der Waals surface area contributed by atoms with Crippen molar-refractivity contribution in [2.75, 3.05) is 0 Å². The van der Waals surface area contributed by atoms with Crippen molar-refractivity contribution in [3.63, 3.8) is 0 Å². The van der Waals surface area contributed by atoms with E-state index < -0.39 is 23.1 Å². The lowest BCUT2D eigenvalue weighted by Crippen LogP contribution is -2.24. The molecule has 0 unspecified atom stereocenters. The fraction of sp³-hybridized carbons (Fsp3) is 0.143. The highest BCUT2D eigenvalue weighted by Gasteiger charge is 2.17. The van der Waals surface area contributed by atoms with E-state index in [9.17, 15) is 18.0 Å². The molecule has 2 heterocycles. The van der Waals surface area contributed by atoms with Gasteiger partial charge in [-0.2, -0.15) is 9.78 Å². The van der Waals surface area contributed by atoms with Crippen molar-refractivity contribution in [3.05, 3.63) is 86.9 Å². The summed E-state index contributed by atoms with van der Waals surface area (Å²) in [4.78, 5) is 16.9. The third-order valence-corrected chi connectivity index (χ3v) is 5.84. The van der Waals surface area contributed by atoms with Crippen molar-refractivity contribution >= 4 is 17.0 Å². The summed E-state index contributed by atoms with van der Waals surface area (Å²) < 4.78 is 50.0. The first-order valence-corrected chi connectivity index (χ1v) is 10.3. The average molecular weight is 475 g/mol. The molecule has 8 nitrogen and oxygen atoms in total. The van der Waals surface area contributed by atoms with Crippen LogP contribution in [0, 0.1) is 24.4 Å². The Kier molecular flexibility index (Phi) is 6.01. The summed E-state index contributed by atoms with van der Waals surface area (Å²) in [5, 5.41) is 16.6. The van der Waals surface area contributed by atoms with Gasteiger partial charge in [0.25, 0.3) is 0 Å². The minimum Gasteiger partial charge on any atom is -0.442 e. The predicted molar refractivity (Wildman–Crippen MR) is 114 cm³/mol. The number of hydrogen-bond acceptors (Lipinski definition) is 7. The Hall–Kier alpha value is -3.93.